The molecule has 0 spiro atoms. The summed E-state index contributed by atoms with van der Waals surface area (Å²) in [5.41, 5.74) is 7.55. The fourth-order valence-corrected chi connectivity index (χ4v) is 2.96. The lowest BCUT2D eigenvalue weighted by atomic mass is 10.0. The number of halogens is 1. The average Bonchev–Trinajstić information content (AvgIpc) is 2.49. The van der Waals surface area contributed by atoms with Crippen molar-refractivity contribution in [2.45, 2.75) is 32.4 Å². The van der Waals surface area contributed by atoms with Crippen LogP contribution >= 0.6 is 0 Å². The van der Waals surface area contributed by atoms with Crippen LogP contribution in [0.4, 0.5) is 10.1 Å². The van der Waals surface area contributed by atoms with Crippen molar-refractivity contribution >= 4 is 5.69 Å². The van der Waals surface area contributed by atoms with Crippen LogP contribution in [0, 0.1) is 5.82 Å². The molecular formula is C15H24FN3. The number of benzene rings is 1. The summed E-state index contributed by atoms with van der Waals surface area (Å²) < 4.78 is 14.0. The summed E-state index contributed by atoms with van der Waals surface area (Å²) in [5, 5.41) is 0. The maximum Gasteiger partial charge on any atom is 0.130 e. The minimum atomic E-state index is -0.288. The number of nitrogens with two attached hydrogens (primary N) is 1. The van der Waals surface area contributed by atoms with Crippen LogP contribution < -0.4 is 10.6 Å². The zero-order valence-corrected chi connectivity index (χ0v) is 12.1. The normalized spacial score (nSPS) is 23.2. The number of nitrogens with zero attached hydrogens (tertiary/aromatic N) is 2. The van der Waals surface area contributed by atoms with Crippen LogP contribution in [0.5, 0.6) is 0 Å². The first-order valence-electron chi connectivity index (χ1n) is 7.00. The molecule has 1 aliphatic heterocycles. The van der Waals surface area contributed by atoms with Gasteiger partial charge >= 0.3 is 0 Å². The Morgan fingerprint density at radius 1 is 1.37 bits per heavy atom. The largest absolute Gasteiger partial charge is 0.367 e. The van der Waals surface area contributed by atoms with E-state index in [4.69, 9.17) is 5.73 Å². The number of hydrogen-bond acceptors (Lipinski definition) is 3. The lowest BCUT2D eigenvalue weighted by Crippen LogP contribution is -2.39. The third-order valence-electron chi connectivity index (χ3n) is 3.84. The highest BCUT2D eigenvalue weighted by molar-refractivity contribution is 5.56. The van der Waals surface area contributed by atoms with Crippen molar-refractivity contribution in [2.75, 3.05) is 31.6 Å². The van der Waals surface area contributed by atoms with Crippen LogP contribution in [0.1, 0.15) is 31.9 Å². The highest BCUT2D eigenvalue weighted by atomic mass is 19.1. The van der Waals surface area contributed by atoms with Crippen LogP contribution in [0.15, 0.2) is 18.2 Å². The molecule has 0 bridgehead atoms. The molecule has 2 atom stereocenters. The molecule has 0 amide bonds. The Labute approximate surface area is 115 Å². The molecule has 19 heavy (non-hydrogen) atoms. The van der Waals surface area contributed by atoms with Gasteiger partial charge in [-0.15, -0.1) is 0 Å². The molecule has 0 aromatic heterocycles. The molecule has 1 saturated heterocycles. The van der Waals surface area contributed by atoms with Gasteiger partial charge in [-0.3, -0.25) is 0 Å². The zero-order valence-electron chi connectivity index (χ0n) is 12.1. The fourth-order valence-electron chi connectivity index (χ4n) is 2.96. The molecule has 1 aliphatic rings. The highest BCUT2D eigenvalue weighted by Crippen LogP contribution is 2.30. The summed E-state index contributed by atoms with van der Waals surface area (Å²) in [7, 11) is 2.14. The molecule has 2 N–H and O–H groups in total. The smallest absolute Gasteiger partial charge is 0.130 e. The third kappa shape index (κ3) is 3.07. The minimum absolute atomic E-state index is 0.197. The van der Waals surface area contributed by atoms with Crippen LogP contribution in [-0.2, 0) is 0 Å². The van der Waals surface area contributed by atoms with E-state index >= 15 is 0 Å². The van der Waals surface area contributed by atoms with E-state index in [1.165, 1.54) is 6.07 Å². The fraction of sp³-hybridized carbons (Fsp3) is 0.600. The Morgan fingerprint density at radius 3 is 2.79 bits per heavy atom. The Balaban J connectivity index is 2.37. The van der Waals surface area contributed by atoms with Crippen LogP contribution in [0.25, 0.3) is 0 Å². The Kier molecular flexibility index (Phi) is 4.42. The van der Waals surface area contributed by atoms with Crippen molar-refractivity contribution in [2.24, 2.45) is 5.73 Å². The maximum absolute atomic E-state index is 14.0. The van der Waals surface area contributed by atoms with E-state index in [0.717, 1.165) is 31.7 Å². The van der Waals surface area contributed by atoms with Gasteiger partial charge in [-0.1, -0.05) is 6.07 Å². The van der Waals surface area contributed by atoms with Gasteiger partial charge in [-0.05, 0) is 46.0 Å². The Morgan fingerprint density at radius 2 is 2.11 bits per heavy atom. The summed E-state index contributed by atoms with van der Waals surface area (Å²) in [6.07, 6.45) is 1.09. The number of hydrogen-bond donors (Lipinski definition) is 1. The monoisotopic (exact) mass is 265 g/mol. The molecule has 1 heterocycles. The van der Waals surface area contributed by atoms with Crippen LogP contribution in [-0.4, -0.2) is 37.6 Å². The van der Waals surface area contributed by atoms with Gasteiger partial charge in [0.2, 0.25) is 0 Å². The van der Waals surface area contributed by atoms with Gasteiger partial charge in [0.05, 0.1) is 0 Å². The van der Waals surface area contributed by atoms with Gasteiger partial charge in [-0.25, -0.2) is 4.39 Å². The van der Waals surface area contributed by atoms with Crippen molar-refractivity contribution in [1.29, 1.82) is 0 Å². The molecule has 0 saturated carbocycles. The second kappa shape index (κ2) is 5.88. The second-order valence-electron chi connectivity index (χ2n) is 5.62. The summed E-state index contributed by atoms with van der Waals surface area (Å²) in [6, 6.07) is 5.34. The van der Waals surface area contributed by atoms with E-state index in [1.54, 1.807) is 6.07 Å². The van der Waals surface area contributed by atoms with Gasteiger partial charge in [0.1, 0.15) is 5.82 Å². The predicted molar refractivity (Wildman–Crippen MR) is 77.9 cm³/mol. The second-order valence-corrected chi connectivity index (χ2v) is 5.62. The summed E-state index contributed by atoms with van der Waals surface area (Å²) in [6.45, 7) is 7.07. The van der Waals surface area contributed by atoms with E-state index < -0.39 is 0 Å². The van der Waals surface area contributed by atoms with E-state index in [2.05, 4.69) is 23.8 Å². The lowest BCUT2D eigenvalue weighted by Gasteiger charge is -2.32. The maximum atomic E-state index is 14.0. The number of anilines is 1. The molecule has 106 valence electrons. The van der Waals surface area contributed by atoms with Gasteiger partial charge in [0.25, 0.3) is 0 Å². The third-order valence-corrected chi connectivity index (χ3v) is 3.84. The lowest BCUT2D eigenvalue weighted by molar-refractivity contribution is 0.337. The Hall–Kier alpha value is -1.13. The minimum Gasteiger partial charge on any atom is -0.367 e. The van der Waals surface area contributed by atoms with E-state index in [1.807, 2.05) is 13.0 Å². The molecule has 3 nitrogen and oxygen atoms in total. The molecule has 0 aliphatic carbocycles. The SMILES string of the molecule is CC(N)c1c(F)cccc1N1CCCN(C)CC1C. The van der Waals surface area contributed by atoms with Crippen molar-refractivity contribution in [3.8, 4) is 0 Å². The molecule has 4 heteroatoms. The highest BCUT2D eigenvalue weighted by Gasteiger charge is 2.24. The van der Waals surface area contributed by atoms with Gasteiger partial charge < -0.3 is 15.5 Å². The molecule has 2 rings (SSSR count). The van der Waals surface area contributed by atoms with Crippen LogP contribution in [0.2, 0.25) is 0 Å². The van der Waals surface area contributed by atoms with Crippen molar-refractivity contribution < 1.29 is 4.39 Å². The van der Waals surface area contributed by atoms with Crippen LogP contribution in [0.3, 0.4) is 0 Å². The first-order valence-corrected chi connectivity index (χ1v) is 7.00. The average molecular weight is 265 g/mol. The topological polar surface area (TPSA) is 32.5 Å². The molecule has 1 fully saturated rings. The molecule has 1 aromatic rings. The predicted octanol–water partition coefficient (Wildman–Crippen LogP) is 2.38. The van der Waals surface area contributed by atoms with E-state index in [-0.39, 0.29) is 11.9 Å². The van der Waals surface area contributed by atoms with Crippen molar-refractivity contribution in [3.63, 3.8) is 0 Å². The molecule has 2 unspecified atom stereocenters. The van der Waals surface area contributed by atoms with E-state index in [9.17, 15) is 4.39 Å². The van der Waals surface area contributed by atoms with Gasteiger partial charge in [0.15, 0.2) is 0 Å². The van der Waals surface area contributed by atoms with Crippen molar-refractivity contribution in [1.82, 2.24) is 4.90 Å². The summed E-state index contributed by atoms with van der Waals surface area (Å²) >= 11 is 0. The molecule has 1 aromatic carbocycles. The first kappa shape index (κ1) is 14.3. The summed E-state index contributed by atoms with van der Waals surface area (Å²) in [5.74, 6) is -0.197. The first-order chi connectivity index (χ1) is 9.00. The summed E-state index contributed by atoms with van der Waals surface area (Å²) in [4.78, 5) is 4.63. The Bertz CT molecular complexity index is 433. The van der Waals surface area contributed by atoms with E-state index in [0.29, 0.717) is 11.6 Å². The number of likely N-dealkylation sites (N-methyl/N-ethyl adjacent to an activating group) is 1. The van der Waals surface area contributed by atoms with Gasteiger partial charge in [0, 0.05) is 36.4 Å². The van der Waals surface area contributed by atoms with Gasteiger partial charge in [-0.2, -0.15) is 0 Å². The standard InChI is InChI=1S/C15H24FN3/c1-11-10-18(3)8-5-9-19(11)14-7-4-6-13(16)15(14)12(2)17/h4,6-7,11-12H,5,8-10,17H2,1-3H3. The quantitative estimate of drug-likeness (QED) is 0.891. The van der Waals surface area contributed by atoms with Crippen molar-refractivity contribution in [3.05, 3.63) is 29.6 Å². The molecule has 0 radical (unpaired) electrons. The molecular weight excluding hydrogens is 241 g/mol. The zero-order chi connectivity index (χ0) is 14.0. The number of rotatable bonds is 2.